The number of hydrogen-bond acceptors (Lipinski definition) is 5. The van der Waals surface area contributed by atoms with Crippen LogP contribution in [0.3, 0.4) is 0 Å². The molecule has 10 heteroatoms. The fourth-order valence-electron chi connectivity index (χ4n) is 4.28. The molecule has 2 aromatic heterocycles. The summed E-state index contributed by atoms with van der Waals surface area (Å²) < 4.78 is 42.1. The number of anilines is 1. The standard InChI is InChI=1S/C26H32F3N5OS/c1-24(2,3)20-14-36-23(31-20)32-22(35)19-13-17(18-10-11-34(33-18)25(4,5)6)21(30-19)15-8-7-9-16(12-15)26(27,28)29/h7-12,14,17,19,21,30H,13H2,1-6H3,(H,31,32,35)/t17-,19-,21-/m0/s1. The Balaban J connectivity index is 1.63. The number of carbonyl (C=O) groups is 1. The van der Waals surface area contributed by atoms with Gasteiger partial charge in [0, 0.05) is 29.0 Å². The summed E-state index contributed by atoms with van der Waals surface area (Å²) in [5, 5.41) is 13.3. The molecule has 3 heterocycles. The maximum atomic E-state index is 13.4. The predicted octanol–water partition coefficient (Wildman–Crippen LogP) is 6.24. The summed E-state index contributed by atoms with van der Waals surface area (Å²) in [6, 6.07) is 6.04. The van der Waals surface area contributed by atoms with E-state index < -0.39 is 23.8 Å². The number of nitrogens with one attached hydrogen (secondary N) is 2. The lowest BCUT2D eigenvalue weighted by atomic mass is 9.90. The molecule has 0 aliphatic carbocycles. The van der Waals surface area contributed by atoms with Crippen molar-refractivity contribution in [2.24, 2.45) is 0 Å². The maximum absolute atomic E-state index is 13.4. The van der Waals surface area contributed by atoms with Gasteiger partial charge in [0.25, 0.3) is 0 Å². The lowest BCUT2D eigenvalue weighted by Crippen LogP contribution is -2.36. The third kappa shape index (κ3) is 5.64. The minimum atomic E-state index is -4.45. The van der Waals surface area contributed by atoms with Gasteiger partial charge in [-0.2, -0.15) is 18.3 Å². The Morgan fingerprint density at radius 1 is 1.14 bits per heavy atom. The molecule has 1 saturated heterocycles. The Morgan fingerprint density at radius 2 is 1.86 bits per heavy atom. The van der Waals surface area contributed by atoms with Crippen LogP contribution in [0.25, 0.3) is 0 Å². The van der Waals surface area contributed by atoms with Gasteiger partial charge in [-0.1, -0.05) is 32.9 Å². The fraction of sp³-hybridized carbons (Fsp3) is 0.500. The third-order valence-corrected chi connectivity index (χ3v) is 7.10. The highest BCUT2D eigenvalue weighted by molar-refractivity contribution is 7.14. The predicted molar refractivity (Wildman–Crippen MR) is 135 cm³/mol. The molecule has 3 aromatic rings. The van der Waals surface area contributed by atoms with Gasteiger partial charge >= 0.3 is 6.18 Å². The van der Waals surface area contributed by atoms with E-state index in [0.29, 0.717) is 17.1 Å². The Kier molecular flexibility index (Phi) is 6.81. The van der Waals surface area contributed by atoms with Gasteiger partial charge < -0.3 is 5.32 Å². The number of carbonyl (C=O) groups excluding carboxylic acids is 1. The van der Waals surface area contributed by atoms with Crippen LogP contribution in [0.2, 0.25) is 0 Å². The highest BCUT2D eigenvalue weighted by Gasteiger charge is 2.41. The first-order valence-corrected chi connectivity index (χ1v) is 12.8. The van der Waals surface area contributed by atoms with Crippen LogP contribution in [0.5, 0.6) is 0 Å². The van der Waals surface area contributed by atoms with E-state index in [1.807, 2.05) is 63.9 Å². The molecule has 0 saturated carbocycles. The maximum Gasteiger partial charge on any atom is 0.416 e. The van der Waals surface area contributed by atoms with Crippen molar-refractivity contribution in [1.29, 1.82) is 0 Å². The molecule has 0 radical (unpaired) electrons. The van der Waals surface area contributed by atoms with E-state index in [0.717, 1.165) is 23.5 Å². The summed E-state index contributed by atoms with van der Waals surface area (Å²) in [5.41, 5.74) is 0.985. The van der Waals surface area contributed by atoms with E-state index in [1.165, 1.54) is 17.4 Å². The number of rotatable bonds is 4. The number of amides is 1. The smallest absolute Gasteiger partial charge is 0.301 e. The van der Waals surface area contributed by atoms with Gasteiger partial charge in [0.15, 0.2) is 5.13 Å². The molecule has 1 fully saturated rings. The summed E-state index contributed by atoms with van der Waals surface area (Å²) in [6.45, 7) is 12.2. The average Bonchev–Trinajstić information content (AvgIpc) is 3.51. The summed E-state index contributed by atoms with van der Waals surface area (Å²) in [4.78, 5) is 17.7. The highest BCUT2D eigenvalue weighted by Crippen LogP contribution is 2.42. The third-order valence-electron chi connectivity index (χ3n) is 6.34. The number of aromatic nitrogens is 3. The van der Waals surface area contributed by atoms with Crippen LogP contribution in [0.15, 0.2) is 41.9 Å². The lowest BCUT2D eigenvalue weighted by molar-refractivity contribution is -0.137. The normalized spacial score (nSPS) is 21.1. The second kappa shape index (κ2) is 9.30. The van der Waals surface area contributed by atoms with Crippen LogP contribution >= 0.6 is 11.3 Å². The number of halogens is 3. The first-order chi connectivity index (χ1) is 16.6. The van der Waals surface area contributed by atoms with Crippen molar-refractivity contribution in [2.75, 3.05) is 5.32 Å². The zero-order valence-corrected chi connectivity index (χ0v) is 22.1. The lowest BCUT2D eigenvalue weighted by Gasteiger charge is -2.21. The Morgan fingerprint density at radius 3 is 2.44 bits per heavy atom. The molecule has 4 rings (SSSR count). The summed E-state index contributed by atoms with van der Waals surface area (Å²) in [6.07, 6.45) is -2.19. The average molecular weight is 520 g/mol. The van der Waals surface area contributed by atoms with E-state index in [4.69, 9.17) is 5.10 Å². The number of alkyl halides is 3. The highest BCUT2D eigenvalue weighted by atomic mass is 32.1. The molecule has 1 aliphatic heterocycles. The second-order valence-corrected chi connectivity index (χ2v) is 12.2. The van der Waals surface area contributed by atoms with Crippen molar-refractivity contribution < 1.29 is 18.0 Å². The molecule has 2 N–H and O–H groups in total. The Bertz CT molecular complexity index is 1240. The fourth-order valence-corrected chi connectivity index (χ4v) is 5.22. The van der Waals surface area contributed by atoms with Crippen LogP contribution in [-0.4, -0.2) is 26.7 Å². The van der Waals surface area contributed by atoms with Gasteiger partial charge in [-0.25, -0.2) is 4.98 Å². The largest absolute Gasteiger partial charge is 0.416 e. The van der Waals surface area contributed by atoms with Gasteiger partial charge in [-0.05, 0) is 51.0 Å². The van der Waals surface area contributed by atoms with Crippen LogP contribution < -0.4 is 10.6 Å². The number of nitrogens with zero attached hydrogens (tertiary/aromatic N) is 3. The number of thiazole rings is 1. The molecule has 6 nitrogen and oxygen atoms in total. The topological polar surface area (TPSA) is 71.8 Å². The van der Waals surface area contributed by atoms with Crippen LogP contribution in [0.1, 0.15) is 82.4 Å². The minimum absolute atomic E-state index is 0.142. The van der Waals surface area contributed by atoms with Crippen molar-refractivity contribution in [3.8, 4) is 0 Å². The molecule has 1 amide bonds. The van der Waals surface area contributed by atoms with Gasteiger partial charge in [0.2, 0.25) is 5.91 Å². The van der Waals surface area contributed by atoms with Crippen molar-refractivity contribution in [3.63, 3.8) is 0 Å². The zero-order valence-electron chi connectivity index (χ0n) is 21.3. The van der Waals surface area contributed by atoms with E-state index in [9.17, 15) is 18.0 Å². The van der Waals surface area contributed by atoms with Gasteiger partial charge in [-0.3, -0.25) is 14.8 Å². The molecular weight excluding hydrogens is 487 g/mol. The van der Waals surface area contributed by atoms with Gasteiger partial charge in [0.05, 0.1) is 28.5 Å². The molecule has 1 aliphatic rings. The van der Waals surface area contributed by atoms with Crippen LogP contribution in [0, 0.1) is 0 Å². The number of hydrogen-bond donors (Lipinski definition) is 2. The number of benzene rings is 1. The summed E-state index contributed by atoms with van der Waals surface area (Å²) >= 11 is 1.36. The molecule has 0 unspecified atom stereocenters. The van der Waals surface area contributed by atoms with Gasteiger partial charge in [0.1, 0.15) is 0 Å². The minimum Gasteiger partial charge on any atom is -0.301 e. The van der Waals surface area contributed by atoms with E-state index in [-0.39, 0.29) is 22.8 Å². The molecule has 3 atom stereocenters. The van der Waals surface area contributed by atoms with Crippen molar-refractivity contribution in [2.45, 2.75) is 83.1 Å². The quantitative estimate of drug-likeness (QED) is 0.428. The van der Waals surface area contributed by atoms with Gasteiger partial charge in [-0.15, -0.1) is 11.3 Å². The summed E-state index contributed by atoms with van der Waals surface area (Å²) in [7, 11) is 0. The molecular formula is C26H32F3N5OS. The monoisotopic (exact) mass is 519 g/mol. The first-order valence-electron chi connectivity index (χ1n) is 11.9. The van der Waals surface area contributed by atoms with Crippen LogP contribution in [0.4, 0.5) is 18.3 Å². The Labute approximate surface area is 213 Å². The SMILES string of the molecule is CC(C)(C)c1csc(NC(=O)[C@@H]2C[C@@H](c3ccn(C(C)(C)C)n3)[C@H](c3cccc(C(F)(F)F)c3)N2)n1. The molecule has 1 aromatic carbocycles. The van der Waals surface area contributed by atoms with E-state index in [1.54, 1.807) is 6.07 Å². The summed E-state index contributed by atoms with van der Waals surface area (Å²) in [5.74, 6) is -0.547. The van der Waals surface area contributed by atoms with Crippen LogP contribution in [-0.2, 0) is 21.9 Å². The molecule has 194 valence electrons. The second-order valence-electron chi connectivity index (χ2n) is 11.3. The van der Waals surface area contributed by atoms with Crippen molar-refractivity contribution >= 4 is 22.4 Å². The van der Waals surface area contributed by atoms with Crippen molar-refractivity contribution in [3.05, 3.63) is 64.4 Å². The van der Waals surface area contributed by atoms with Crippen molar-refractivity contribution in [1.82, 2.24) is 20.1 Å². The zero-order chi connectivity index (χ0) is 26.5. The molecule has 0 spiro atoms. The first kappa shape index (κ1) is 26.3. The molecule has 36 heavy (non-hydrogen) atoms. The van der Waals surface area contributed by atoms with E-state index in [2.05, 4.69) is 15.6 Å². The molecule has 0 bridgehead atoms. The van der Waals surface area contributed by atoms with E-state index >= 15 is 0 Å². The Hall–Kier alpha value is -2.72.